The van der Waals surface area contributed by atoms with E-state index in [9.17, 15) is 35.9 Å². The Morgan fingerprint density at radius 1 is 0.806 bits per heavy atom. The molecule has 2 rings (SSSR count). The first-order valence-corrected chi connectivity index (χ1v) is 7.94. The summed E-state index contributed by atoms with van der Waals surface area (Å²) in [6, 6.07) is 7.97. The number of amides is 1. The SMILES string of the molecule is COC(=O)c1ccc(OC(F)(F)F)cc1OC.NC(=O)c1ccccc1OC(F)(F)F. The molecule has 31 heavy (non-hydrogen) atoms. The first-order chi connectivity index (χ1) is 14.3. The minimum Gasteiger partial charge on any atom is -0.496 e. The molecule has 0 atom stereocenters. The summed E-state index contributed by atoms with van der Waals surface area (Å²) in [6.07, 6.45) is -9.62. The smallest absolute Gasteiger partial charge is 0.496 e. The zero-order valence-corrected chi connectivity index (χ0v) is 15.8. The molecule has 0 aliphatic rings. The van der Waals surface area contributed by atoms with Crippen molar-refractivity contribution in [2.24, 2.45) is 5.73 Å². The van der Waals surface area contributed by atoms with Crippen molar-refractivity contribution in [1.29, 1.82) is 0 Å². The number of hydrogen-bond acceptors (Lipinski definition) is 6. The number of nitrogens with two attached hydrogens (primary N) is 1. The van der Waals surface area contributed by atoms with E-state index in [1.807, 2.05) is 0 Å². The minimum absolute atomic E-state index is 0.0181. The van der Waals surface area contributed by atoms with E-state index in [2.05, 4.69) is 14.2 Å². The van der Waals surface area contributed by atoms with Gasteiger partial charge in [0.2, 0.25) is 0 Å². The van der Waals surface area contributed by atoms with Crippen molar-refractivity contribution in [2.75, 3.05) is 14.2 Å². The Bertz CT molecular complexity index is 913. The Morgan fingerprint density at radius 3 is 1.87 bits per heavy atom. The van der Waals surface area contributed by atoms with E-state index in [0.717, 1.165) is 37.4 Å². The predicted octanol–water partition coefficient (Wildman–Crippen LogP) is 4.06. The van der Waals surface area contributed by atoms with Gasteiger partial charge in [0, 0.05) is 6.07 Å². The molecule has 0 heterocycles. The second-order valence-electron chi connectivity index (χ2n) is 5.31. The quantitative estimate of drug-likeness (QED) is 0.540. The first kappa shape index (κ1) is 25.4. The lowest BCUT2D eigenvalue weighted by Crippen LogP contribution is -2.20. The number of rotatable bonds is 5. The van der Waals surface area contributed by atoms with Gasteiger partial charge in [0.05, 0.1) is 19.8 Å². The largest absolute Gasteiger partial charge is 0.573 e. The Balaban J connectivity index is 0.000000316. The molecule has 2 aromatic carbocycles. The third kappa shape index (κ3) is 8.72. The van der Waals surface area contributed by atoms with Gasteiger partial charge in [-0.25, -0.2) is 4.79 Å². The first-order valence-electron chi connectivity index (χ1n) is 7.94. The number of para-hydroxylation sites is 1. The van der Waals surface area contributed by atoms with Crippen LogP contribution in [0.15, 0.2) is 42.5 Å². The van der Waals surface area contributed by atoms with Crippen LogP contribution < -0.4 is 19.9 Å². The van der Waals surface area contributed by atoms with E-state index < -0.39 is 36.1 Å². The van der Waals surface area contributed by atoms with E-state index in [-0.39, 0.29) is 16.9 Å². The van der Waals surface area contributed by atoms with E-state index in [1.165, 1.54) is 19.2 Å². The van der Waals surface area contributed by atoms with Gasteiger partial charge in [0.15, 0.2) is 0 Å². The number of alkyl halides is 6. The van der Waals surface area contributed by atoms with Gasteiger partial charge in [-0.2, -0.15) is 0 Å². The van der Waals surface area contributed by atoms with Crippen molar-refractivity contribution in [1.82, 2.24) is 0 Å². The fourth-order valence-electron chi connectivity index (χ4n) is 2.03. The summed E-state index contributed by atoms with van der Waals surface area (Å²) < 4.78 is 87.8. The Labute approximate surface area is 171 Å². The monoisotopic (exact) mass is 455 g/mol. The molecule has 2 N–H and O–H groups in total. The van der Waals surface area contributed by atoms with Crippen molar-refractivity contribution < 1.29 is 54.9 Å². The molecule has 7 nitrogen and oxygen atoms in total. The summed E-state index contributed by atoms with van der Waals surface area (Å²) in [5.41, 5.74) is 4.56. The molecule has 0 radical (unpaired) electrons. The van der Waals surface area contributed by atoms with Crippen LogP contribution in [0, 0.1) is 0 Å². The summed E-state index contributed by atoms with van der Waals surface area (Å²) in [4.78, 5) is 21.9. The molecule has 13 heteroatoms. The Morgan fingerprint density at radius 2 is 1.39 bits per heavy atom. The summed E-state index contributed by atoms with van der Waals surface area (Å²) in [5, 5.41) is 0. The predicted molar refractivity (Wildman–Crippen MR) is 92.7 cm³/mol. The molecule has 0 unspecified atom stereocenters. The van der Waals surface area contributed by atoms with Crippen molar-refractivity contribution in [2.45, 2.75) is 12.7 Å². The van der Waals surface area contributed by atoms with Gasteiger partial charge < -0.3 is 24.7 Å². The summed E-state index contributed by atoms with van der Waals surface area (Å²) in [5.74, 6) is -2.79. The molecule has 1 amide bonds. The van der Waals surface area contributed by atoms with Crippen LogP contribution in [0.1, 0.15) is 20.7 Å². The maximum Gasteiger partial charge on any atom is 0.573 e. The van der Waals surface area contributed by atoms with Crippen LogP contribution in [0.5, 0.6) is 17.2 Å². The lowest BCUT2D eigenvalue weighted by atomic mass is 10.2. The summed E-state index contributed by atoms with van der Waals surface area (Å²) >= 11 is 0. The number of ether oxygens (including phenoxy) is 4. The topological polar surface area (TPSA) is 97.1 Å². The highest BCUT2D eigenvalue weighted by Gasteiger charge is 2.33. The third-order valence-corrected chi connectivity index (χ3v) is 3.19. The number of primary amides is 1. The third-order valence-electron chi connectivity index (χ3n) is 3.19. The second kappa shape index (κ2) is 10.4. The van der Waals surface area contributed by atoms with Gasteiger partial charge >= 0.3 is 18.7 Å². The van der Waals surface area contributed by atoms with Crippen molar-refractivity contribution in [3.05, 3.63) is 53.6 Å². The lowest BCUT2D eigenvalue weighted by Gasteiger charge is -2.11. The number of benzene rings is 2. The number of hydrogen-bond donors (Lipinski definition) is 1. The molecule has 0 spiro atoms. The van der Waals surface area contributed by atoms with Gasteiger partial charge in [-0.3, -0.25) is 4.79 Å². The van der Waals surface area contributed by atoms with Crippen LogP contribution in [0.25, 0.3) is 0 Å². The Kier molecular flexibility index (Phi) is 8.53. The van der Waals surface area contributed by atoms with Gasteiger partial charge in [-0.1, -0.05) is 12.1 Å². The average molecular weight is 455 g/mol. The maximum atomic E-state index is 11.9. The van der Waals surface area contributed by atoms with Gasteiger partial charge in [0.1, 0.15) is 22.8 Å². The molecule has 0 saturated carbocycles. The number of carbonyl (C=O) groups is 2. The molecule has 0 bridgehead atoms. The van der Waals surface area contributed by atoms with Crippen LogP contribution in [0.4, 0.5) is 26.3 Å². The zero-order valence-electron chi connectivity index (χ0n) is 15.8. The van der Waals surface area contributed by atoms with Crippen molar-refractivity contribution >= 4 is 11.9 Å². The minimum atomic E-state index is -4.83. The highest BCUT2D eigenvalue weighted by atomic mass is 19.4. The number of esters is 1. The van der Waals surface area contributed by atoms with Crippen LogP contribution in [0.2, 0.25) is 0 Å². The van der Waals surface area contributed by atoms with E-state index >= 15 is 0 Å². The molecule has 0 aliphatic carbocycles. The molecule has 0 aromatic heterocycles. The van der Waals surface area contributed by atoms with E-state index in [1.54, 1.807) is 0 Å². The van der Waals surface area contributed by atoms with Gasteiger partial charge in [-0.05, 0) is 24.3 Å². The fourth-order valence-corrected chi connectivity index (χ4v) is 2.03. The maximum absolute atomic E-state index is 11.9. The highest BCUT2D eigenvalue weighted by molar-refractivity contribution is 5.95. The highest BCUT2D eigenvalue weighted by Crippen LogP contribution is 2.29. The number of methoxy groups -OCH3 is 2. The summed E-state index contributed by atoms with van der Waals surface area (Å²) in [6.45, 7) is 0. The Hall–Kier alpha value is -3.64. The van der Waals surface area contributed by atoms with Gasteiger partial charge in [0.25, 0.3) is 5.91 Å². The van der Waals surface area contributed by atoms with Crippen LogP contribution in [-0.2, 0) is 4.74 Å². The molecular weight excluding hydrogens is 440 g/mol. The summed E-state index contributed by atoms with van der Waals surface area (Å²) in [7, 11) is 2.38. The average Bonchev–Trinajstić information content (AvgIpc) is 2.65. The molecular formula is C18H15F6NO6. The standard InChI is InChI=1S/C10H9F3O4.C8H6F3NO2/c1-15-8-5-6(17-10(11,12)13)3-4-7(8)9(14)16-2;9-8(10,11)14-6-4-2-1-3-5(6)7(12)13/h3-5H,1-2H3;1-4H,(H2,12,13). The zero-order chi connectivity index (χ0) is 23.8. The van der Waals surface area contributed by atoms with Crippen LogP contribution >= 0.6 is 0 Å². The van der Waals surface area contributed by atoms with E-state index in [4.69, 9.17) is 10.5 Å². The molecule has 0 saturated heterocycles. The normalized spacial score (nSPS) is 11.0. The fraction of sp³-hybridized carbons (Fsp3) is 0.222. The van der Waals surface area contributed by atoms with E-state index in [0.29, 0.717) is 0 Å². The van der Waals surface area contributed by atoms with Crippen molar-refractivity contribution in [3.63, 3.8) is 0 Å². The van der Waals surface area contributed by atoms with Gasteiger partial charge in [-0.15, -0.1) is 26.3 Å². The number of halogens is 6. The van der Waals surface area contributed by atoms with Crippen LogP contribution in [0.3, 0.4) is 0 Å². The molecule has 0 aliphatic heterocycles. The second-order valence-corrected chi connectivity index (χ2v) is 5.31. The molecule has 170 valence electrons. The molecule has 0 fully saturated rings. The lowest BCUT2D eigenvalue weighted by molar-refractivity contribution is -0.275. The number of carbonyl (C=O) groups excluding carboxylic acids is 2. The molecule has 2 aromatic rings. The van der Waals surface area contributed by atoms with Crippen LogP contribution in [-0.4, -0.2) is 38.8 Å². The van der Waals surface area contributed by atoms with Crippen molar-refractivity contribution in [3.8, 4) is 17.2 Å².